The van der Waals surface area contributed by atoms with E-state index in [-0.39, 0.29) is 17.1 Å². The van der Waals surface area contributed by atoms with Gasteiger partial charge in [0.05, 0.1) is 7.11 Å². The molecular formula is C13H11F3N2O3. The molecule has 5 nitrogen and oxygen atoms in total. The van der Waals surface area contributed by atoms with Crippen LogP contribution in [0.5, 0.6) is 11.6 Å². The number of para-hydroxylation sites is 1. The lowest BCUT2D eigenvalue weighted by Crippen LogP contribution is -2.19. The summed E-state index contributed by atoms with van der Waals surface area (Å²) in [6.07, 6.45) is -3.68. The van der Waals surface area contributed by atoms with E-state index in [2.05, 4.69) is 14.7 Å². The number of aliphatic hydroxyl groups is 1. The largest absolute Gasteiger partial charge is 0.573 e. The van der Waals surface area contributed by atoms with Crippen LogP contribution in [0.15, 0.2) is 36.7 Å². The van der Waals surface area contributed by atoms with Crippen molar-refractivity contribution in [3.8, 4) is 11.6 Å². The van der Waals surface area contributed by atoms with E-state index < -0.39 is 18.2 Å². The number of benzene rings is 1. The molecule has 1 aromatic heterocycles. The number of alkyl halides is 3. The van der Waals surface area contributed by atoms with E-state index in [1.165, 1.54) is 37.7 Å². The van der Waals surface area contributed by atoms with Gasteiger partial charge in [-0.25, -0.2) is 4.98 Å². The zero-order valence-corrected chi connectivity index (χ0v) is 10.8. The van der Waals surface area contributed by atoms with Gasteiger partial charge < -0.3 is 14.6 Å². The maximum Gasteiger partial charge on any atom is 0.573 e. The van der Waals surface area contributed by atoms with E-state index in [9.17, 15) is 18.3 Å². The van der Waals surface area contributed by atoms with Gasteiger partial charge in [-0.1, -0.05) is 18.2 Å². The lowest BCUT2D eigenvalue weighted by molar-refractivity contribution is -0.275. The number of methoxy groups -OCH3 is 1. The number of aromatic nitrogens is 2. The molecule has 0 aliphatic carbocycles. The van der Waals surface area contributed by atoms with Gasteiger partial charge >= 0.3 is 6.36 Å². The molecule has 0 fully saturated rings. The van der Waals surface area contributed by atoms with Crippen molar-refractivity contribution in [2.24, 2.45) is 0 Å². The topological polar surface area (TPSA) is 64.5 Å². The quantitative estimate of drug-likeness (QED) is 0.939. The molecule has 0 saturated carbocycles. The highest BCUT2D eigenvalue weighted by molar-refractivity contribution is 5.40. The highest BCUT2D eigenvalue weighted by Crippen LogP contribution is 2.34. The highest BCUT2D eigenvalue weighted by atomic mass is 19.4. The van der Waals surface area contributed by atoms with Crippen molar-refractivity contribution in [3.05, 3.63) is 47.9 Å². The summed E-state index contributed by atoms with van der Waals surface area (Å²) >= 11 is 0. The number of halogens is 3. The molecule has 0 aliphatic heterocycles. The molecule has 0 saturated heterocycles. The van der Waals surface area contributed by atoms with Gasteiger partial charge in [-0.15, -0.1) is 13.2 Å². The van der Waals surface area contributed by atoms with Gasteiger partial charge in [0.15, 0.2) is 0 Å². The standard InChI is InChI=1S/C13H11F3N2O3/c1-20-12-10(17-6-7-18-12)11(19)8-4-2-3-5-9(8)21-13(14,15)16/h2-7,11,19H,1H3. The molecule has 2 aromatic rings. The molecule has 21 heavy (non-hydrogen) atoms. The van der Waals surface area contributed by atoms with Crippen molar-refractivity contribution in [1.29, 1.82) is 0 Å². The minimum Gasteiger partial charge on any atom is -0.480 e. The van der Waals surface area contributed by atoms with E-state index in [1.54, 1.807) is 0 Å². The summed E-state index contributed by atoms with van der Waals surface area (Å²) in [5, 5.41) is 10.3. The molecule has 0 aliphatic rings. The first-order valence-electron chi connectivity index (χ1n) is 5.80. The summed E-state index contributed by atoms with van der Waals surface area (Å²) in [5.74, 6) is -0.489. The molecule has 2 rings (SSSR count). The second-order valence-corrected chi connectivity index (χ2v) is 3.94. The average Bonchev–Trinajstić information content (AvgIpc) is 2.45. The van der Waals surface area contributed by atoms with Gasteiger partial charge in [0, 0.05) is 18.0 Å². The first-order chi connectivity index (χ1) is 9.92. The summed E-state index contributed by atoms with van der Waals surface area (Å²) in [4.78, 5) is 7.73. The second kappa shape index (κ2) is 5.96. The van der Waals surface area contributed by atoms with Crippen molar-refractivity contribution < 1.29 is 27.8 Å². The number of nitrogens with zero attached hydrogens (tertiary/aromatic N) is 2. The summed E-state index contributed by atoms with van der Waals surface area (Å²) in [5.41, 5.74) is -0.0909. The monoisotopic (exact) mass is 300 g/mol. The number of hydrogen-bond acceptors (Lipinski definition) is 5. The van der Waals surface area contributed by atoms with E-state index in [0.29, 0.717) is 0 Å². The Labute approximate surface area is 118 Å². The molecule has 0 amide bonds. The van der Waals surface area contributed by atoms with E-state index in [1.807, 2.05) is 0 Å². The Bertz CT molecular complexity index is 620. The summed E-state index contributed by atoms with van der Waals surface area (Å²) < 4.78 is 46.0. The second-order valence-electron chi connectivity index (χ2n) is 3.94. The Kier molecular flexibility index (Phi) is 4.27. The fraction of sp³-hybridized carbons (Fsp3) is 0.231. The Morgan fingerprint density at radius 2 is 1.81 bits per heavy atom. The van der Waals surface area contributed by atoms with Crippen LogP contribution in [0.25, 0.3) is 0 Å². The van der Waals surface area contributed by atoms with Crippen molar-refractivity contribution in [3.63, 3.8) is 0 Å². The highest BCUT2D eigenvalue weighted by Gasteiger charge is 2.33. The maximum absolute atomic E-state index is 12.4. The first kappa shape index (κ1) is 15.0. The lowest BCUT2D eigenvalue weighted by Gasteiger charge is -2.17. The number of ether oxygens (including phenoxy) is 2. The van der Waals surface area contributed by atoms with Crippen LogP contribution in [0.3, 0.4) is 0 Å². The molecule has 1 atom stereocenters. The molecular weight excluding hydrogens is 289 g/mol. The summed E-state index contributed by atoms with van der Waals surface area (Å²) in [6.45, 7) is 0. The van der Waals surface area contributed by atoms with Crippen LogP contribution >= 0.6 is 0 Å². The van der Waals surface area contributed by atoms with Crippen LogP contribution in [0.2, 0.25) is 0 Å². The fourth-order valence-electron chi connectivity index (χ4n) is 1.75. The van der Waals surface area contributed by atoms with Gasteiger partial charge in [-0.05, 0) is 6.07 Å². The third-order valence-electron chi connectivity index (χ3n) is 2.58. The van der Waals surface area contributed by atoms with Crippen LogP contribution in [0.4, 0.5) is 13.2 Å². The molecule has 1 aromatic carbocycles. The van der Waals surface area contributed by atoms with Crippen molar-refractivity contribution in [2.75, 3.05) is 7.11 Å². The van der Waals surface area contributed by atoms with Gasteiger partial charge in [0.1, 0.15) is 17.5 Å². The lowest BCUT2D eigenvalue weighted by atomic mass is 10.1. The number of hydrogen-bond donors (Lipinski definition) is 1. The third kappa shape index (κ3) is 3.60. The molecule has 1 heterocycles. The maximum atomic E-state index is 12.4. The molecule has 0 radical (unpaired) electrons. The third-order valence-corrected chi connectivity index (χ3v) is 2.58. The molecule has 1 unspecified atom stereocenters. The number of aliphatic hydroxyl groups excluding tert-OH is 1. The molecule has 112 valence electrons. The van der Waals surface area contributed by atoms with Crippen LogP contribution in [-0.4, -0.2) is 28.5 Å². The average molecular weight is 300 g/mol. The minimum absolute atomic E-state index is 0.00164. The van der Waals surface area contributed by atoms with Crippen molar-refractivity contribution in [2.45, 2.75) is 12.5 Å². The van der Waals surface area contributed by atoms with Crippen LogP contribution in [0.1, 0.15) is 17.4 Å². The van der Waals surface area contributed by atoms with Gasteiger partial charge in [-0.3, -0.25) is 4.98 Å². The van der Waals surface area contributed by atoms with E-state index in [0.717, 1.165) is 6.07 Å². The van der Waals surface area contributed by atoms with Gasteiger partial charge in [0.25, 0.3) is 0 Å². The molecule has 0 spiro atoms. The number of rotatable bonds is 4. The van der Waals surface area contributed by atoms with Crippen LogP contribution in [0, 0.1) is 0 Å². The predicted molar refractivity (Wildman–Crippen MR) is 65.8 cm³/mol. The normalized spacial score (nSPS) is 12.8. The zero-order valence-electron chi connectivity index (χ0n) is 10.8. The Morgan fingerprint density at radius 3 is 2.48 bits per heavy atom. The molecule has 8 heteroatoms. The van der Waals surface area contributed by atoms with Gasteiger partial charge in [-0.2, -0.15) is 0 Å². The Hall–Kier alpha value is -2.35. The smallest absolute Gasteiger partial charge is 0.480 e. The molecule has 0 bridgehead atoms. The van der Waals surface area contributed by atoms with Crippen molar-refractivity contribution >= 4 is 0 Å². The SMILES string of the molecule is COc1nccnc1C(O)c1ccccc1OC(F)(F)F. The summed E-state index contributed by atoms with van der Waals surface area (Å²) in [7, 11) is 1.32. The predicted octanol–water partition coefficient (Wildman–Crippen LogP) is 2.47. The Balaban J connectivity index is 2.42. The van der Waals surface area contributed by atoms with Crippen LogP contribution < -0.4 is 9.47 Å². The summed E-state index contributed by atoms with van der Waals surface area (Å²) in [6, 6.07) is 5.25. The van der Waals surface area contributed by atoms with Gasteiger partial charge in [0.2, 0.25) is 5.88 Å². The van der Waals surface area contributed by atoms with Crippen LogP contribution in [-0.2, 0) is 0 Å². The first-order valence-corrected chi connectivity index (χ1v) is 5.80. The van der Waals surface area contributed by atoms with E-state index in [4.69, 9.17) is 4.74 Å². The van der Waals surface area contributed by atoms with Crippen molar-refractivity contribution in [1.82, 2.24) is 9.97 Å². The zero-order chi connectivity index (χ0) is 15.5. The Morgan fingerprint density at radius 1 is 1.14 bits per heavy atom. The fourth-order valence-corrected chi connectivity index (χ4v) is 1.75. The molecule has 1 N–H and O–H groups in total. The minimum atomic E-state index is -4.86. The van der Waals surface area contributed by atoms with E-state index >= 15 is 0 Å².